The van der Waals surface area contributed by atoms with Gasteiger partial charge in [0.15, 0.2) is 0 Å². The van der Waals surface area contributed by atoms with E-state index in [2.05, 4.69) is 15.5 Å². The van der Waals surface area contributed by atoms with Gasteiger partial charge in [0, 0.05) is 31.6 Å². The van der Waals surface area contributed by atoms with Crippen molar-refractivity contribution >= 4 is 5.91 Å². The molecule has 21 heavy (non-hydrogen) atoms. The molecule has 0 aliphatic rings. The molecule has 6 heteroatoms. The van der Waals surface area contributed by atoms with E-state index >= 15 is 0 Å². The standard InChI is InChI=1S/C15H19N3O3/c1-11(10-20-2)16-13(19)8-9-14-17-15(18-21-14)12-6-4-3-5-7-12/h3-7,11H,8-10H2,1-2H3,(H,16,19). The molecule has 1 amide bonds. The Balaban J connectivity index is 1.84. The van der Waals surface area contributed by atoms with E-state index in [4.69, 9.17) is 9.26 Å². The first-order valence-electron chi connectivity index (χ1n) is 6.85. The minimum atomic E-state index is -0.0565. The Morgan fingerprint density at radius 1 is 1.38 bits per heavy atom. The molecule has 0 aliphatic carbocycles. The third-order valence-electron chi connectivity index (χ3n) is 2.89. The van der Waals surface area contributed by atoms with E-state index in [-0.39, 0.29) is 11.9 Å². The van der Waals surface area contributed by atoms with Crippen molar-refractivity contribution in [1.29, 1.82) is 0 Å². The number of nitrogens with one attached hydrogen (secondary N) is 1. The molecule has 112 valence electrons. The second kappa shape index (κ2) is 7.54. The monoisotopic (exact) mass is 289 g/mol. The summed E-state index contributed by atoms with van der Waals surface area (Å²) in [6.07, 6.45) is 0.732. The van der Waals surface area contributed by atoms with Crippen molar-refractivity contribution < 1.29 is 14.1 Å². The number of aryl methyl sites for hydroxylation is 1. The Bertz CT molecular complexity index is 569. The highest BCUT2D eigenvalue weighted by Gasteiger charge is 2.11. The zero-order valence-electron chi connectivity index (χ0n) is 12.2. The number of nitrogens with zero attached hydrogens (tertiary/aromatic N) is 2. The number of hydrogen-bond donors (Lipinski definition) is 1. The molecule has 0 saturated heterocycles. The van der Waals surface area contributed by atoms with Crippen LogP contribution >= 0.6 is 0 Å². The minimum Gasteiger partial charge on any atom is -0.383 e. The summed E-state index contributed by atoms with van der Waals surface area (Å²) in [5, 5.41) is 6.75. The van der Waals surface area contributed by atoms with Crippen molar-refractivity contribution in [2.45, 2.75) is 25.8 Å². The van der Waals surface area contributed by atoms with Crippen LogP contribution in [0.4, 0.5) is 0 Å². The summed E-state index contributed by atoms with van der Waals surface area (Å²) in [7, 11) is 1.60. The van der Waals surface area contributed by atoms with Crippen LogP contribution < -0.4 is 5.32 Å². The molecule has 6 nitrogen and oxygen atoms in total. The molecule has 1 N–H and O–H groups in total. The van der Waals surface area contributed by atoms with Gasteiger partial charge in [-0.2, -0.15) is 4.98 Å². The normalized spacial score (nSPS) is 12.1. The van der Waals surface area contributed by atoms with Gasteiger partial charge in [0.1, 0.15) is 0 Å². The summed E-state index contributed by atoms with van der Waals surface area (Å²) < 4.78 is 10.1. The molecule has 1 aromatic carbocycles. The molecular formula is C15H19N3O3. The van der Waals surface area contributed by atoms with Gasteiger partial charge in [-0.15, -0.1) is 0 Å². The van der Waals surface area contributed by atoms with E-state index in [1.807, 2.05) is 37.3 Å². The van der Waals surface area contributed by atoms with Crippen molar-refractivity contribution in [3.05, 3.63) is 36.2 Å². The number of carbonyl (C=O) groups excluding carboxylic acids is 1. The van der Waals surface area contributed by atoms with Crippen LogP contribution in [0.1, 0.15) is 19.2 Å². The molecule has 0 radical (unpaired) electrons. The molecule has 1 atom stereocenters. The smallest absolute Gasteiger partial charge is 0.227 e. The van der Waals surface area contributed by atoms with Gasteiger partial charge in [-0.3, -0.25) is 4.79 Å². The van der Waals surface area contributed by atoms with Crippen LogP contribution in [0.2, 0.25) is 0 Å². The Morgan fingerprint density at radius 3 is 2.86 bits per heavy atom. The lowest BCUT2D eigenvalue weighted by Crippen LogP contribution is -2.35. The molecule has 1 aromatic heterocycles. The average Bonchev–Trinajstić information content (AvgIpc) is 2.95. The van der Waals surface area contributed by atoms with Gasteiger partial charge >= 0.3 is 0 Å². The Kier molecular flexibility index (Phi) is 5.45. The molecule has 1 heterocycles. The quantitative estimate of drug-likeness (QED) is 0.841. The highest BCUT2D eigenvalue weighted by atomic mass is 16.5. The predicted molar refractivity (Wildman–Crippen MR) is 77.5 cm³/mol. The molecule has 0 aliphatic heterocycles. The highest BCUT2D eigenvalue weighted by molar-refractivity contribution is 5.76. The van der Waals surface area contributed by atoms with Crippen LogP contribution in [0.25, 0.3) is 11.4 Å². The first-order chi connectivity index (χ1) is 10.2. The molecule has 0 bridgehead atoms. The van der Waals surface area contributed by atoms with Crippen molar-refractivity contribution in [2.75, 3.05) is 13.7 Å². The second-order valence-corrected chi connectivity index (χ2v) is 4.80. The van der Waals surface area contributed by atoms with Crippen LogP contribution in [0.15, 0.2) is 34.9 Å². The lowest BCUT2D eigenvalue weighted by Gasteiger charge is -2.11. The van der Waals surface area contributed by atoms with Crippen LogP contribution in [0.3, 0.4) is 0 Å². The number of methoxy groups -OCH3 is 1. The molecule has 2 rings (SSSR count). The highest BCUT2D eigenvalue weighted by Crippen LogP contribution is 2.15. The largest absolute Gasteiger partial charge is 0.383 e. The Labute approximate surface area is 123 Å². The number of amides is 1. The molecule has 1 unspecified atom stereocenters. The first-order valence-corrected chi connectivity index (χ1v) is 6.85. The van der Waals surface area contributed by atoms with E-state index < -0.39 is 0 Å². The maximum atomic E-state index is 11.7. The van der Waals surface area contributed by atoms with E-state index in [0.29, 0.717) is 31.2 Å². The van der Waals surface area contributed by atoms with Crippen LogP contribution in [-0.2, 0) is 16.0 Å². The summed E-state index contributed by atoms with van der Waals surface area (Å²) in [4.78, 5) is 16.0. The Morgan fingerprint density at radius 2 is 2.14 bits per heavy atom. The van der Waals surface area contributed by atoms with E-state index in [1.54, 1.807) is 7.11 Å². The van der Waals surface area contributed by atoms with E-state index in [1.165, 1.54) is 0 Å². The topological polar surface area (TPSA) is 77.2 Å². The SMILES string of the molecule is COCC(C)NC(=O)CCc1nc(-c2ccccc2)no1. The zero-order valence-corrected chi connectivity index (χ0v) is 12.2. The van der Waals surface area contributed by atoms with Gasteiger partial charge in [-0.25, -0.2) is 0 Å². The zero-order chi connectivity index (χ0) is 15.1. The lowest BCUT2D eigenvalue weighted by atomic mass is 10.2. The van der Waals surface area contributed by atoms with Crippen molar-refractivity contribution in [2.24, 2.45) is 0 Å². The van der Waals surface area contributed by atoms with Gasteiger partial charge in [-0.05, 0) is 6.92 Å². The van der Waals surface area contributed by atoms with Crippen LogP contribution in [-0.4, -0.2) is 35.8 Å². The number of benzene rings is 1. The average molecular weight is 289 g/mol. The molecule has 2 aromatic rings. The summed E-state index contributed by atoms with van der Waals surface area (Å²) >= 11 is 0. The summed E-state index contributed by atoms with van der Waals surface area (Å²) in [6, 6.07) is 9.56. The fourth-order valence-electron chi connectivity index (χ4n) is 1.92. The number of rotatable bonds is 7. The summed E-state index contributed by atoms with van der Waals surface area (Å²) in [6.45, 7) is 2.38. The first kappa shape index (κ1) is 15.2. The minimum absolute atomic E-state index is 0.00920. The van der Waals surface area contributed by atoms with Gasteiger partial charge in [0.25, 0.3) is 0 Å². The maximum absolute atomic E-state index is 11.7. The van der Waals surface area contributed by atoms with Crippen molar-refractivity contribution in [1.82, 2.24) is 15.5 Å². The summed E-state index contributed by atoms with van der Waals surface area (Å²) in [5.41, 5.74) is 0.894. The van der Waals surface area contributed by atoms with Crippen molar-refractivity contribution in [3.63, 3.8) is 0 Å². The number of ether oxygens (including phenoxy) is 1. The summed E-state index contributed by atoms with van der Waals surface area (Å²) in [5.74, 6) is 0.946. The molecule has 0 saturated carbocycles. The van der Waals surface area contributed by atoms with Gasteiger partial charge in [0.05, 0.1) is 6.61 Å². The fraction of sp³-hybridized carbons (Fsp3) is 0.400. The molecular weight excluding hydrogens is 270 g/mol. The third kappa shape index (κ3) is 4.68. The Hall–Kier alpha value is -2.21. The predicted octanol–water partition coefficient (Wildman–Crippen LogP) is 1.82. The number of aromatic nitrogens is 2. The van der Waals surface area contributed by atoms with Gasteiger partial charge in [0.2, 0.25) is 17.6 Å². The number of hydrogen-bond acceptors (Lipinski definition) is 5. The maximum Gasteiger partial charge on any atom is 0.227 e. The third-order valence-corrected chi connectivity index (χ3v) is 2.89. The van der Waals surface area contributed by atoms with Crippen LogP contribution in [0, 0.1) is 0 Å². The molecule has 0 spiro atoms. The number of carbonyl (C=O) groups is 1. The van der Waals surface area contributed by atoms with Gasteiger partial charge < -0.3 is 14.6 Å². The second-order valence-electron chi connectivity index (χ2n) is 4.80. The van der Waals surface area contributed by atoms with Crippen molar-refractivity contribution in [3.8, 4) is 11.4 Å². The molecule has 0 fully saturated rings. The van der Waals surface area contributed by atoms with E-state index in [9.17, 15) is 4.79 Å². The van der Waals surface area contributed by atoms with E-state index in [0.717, 1.165) is 5.56 Å². The van der Waals surface area contributed by atoms with Crippen LogP contribution in [0.5, 0.6) is 0 Å². The fourth-order valence-corrected chi connectivity index (χ4v) is 1.92. The lowest BCUT2D eigenvalue weighted by molar-refractivity contribution is -0.122. The van der Waals surface area contributed by atoms with Gasteiger partial charge in [-0.1, -0.05) is 35.5 Å².